The Labute approximate surface area is 137 Å². The van der Waals surface area contributed by atoms with Gasteiger partial charge >= 0.3 is 0 Å². The smallest absolute Gasteiger partial charge is 0.133 e. The number of rotatable bonds is 3. The number of aliphatic hydroxyl groups is 1. The Balaban J connectivity index is 2.38. The lowest BCUT2D eigenvalue weighted by molar-refractivity contribution is 0.219. The average molecular weight is 451 g/mol. The molecule has 0 aliphatic rings. The van der Waals surface area contributed by atoms with E-state index in [1.807, 2.05) is 36.4 Å². The molecule has 2 rings (SSSR count). The molecule has 0 bridgehead atoms. The molecule has 1 atom stereocenters. The Morgan fingerprint density at radius 3 is 2.32 bits per heavy atom. The summed E-state index contributed by atoms with van der Waals surface area (Å²) in [7, 11) is 1.61. The first-order valence-electron chi connectivity index (χ1n) is 5.49. The molecule has 0 saturated carbocycles. The van der Waals surface area contributed by atoms with Crippen LogP contribution >= 0.6 is 47.8 Å². The van der Waals surface area contributed by atoms with Gasteiger partial charge in [0.25, 0.3) is 0 Å². The molecule has 1 unspecified atom stereocenters. The van der Waals surface area contributed by atoms with Crippen molar-refractivity contribution in [3.05, 3.63) is 60.9 Å². The maximum atomic E-state index is 10.4. The van der Waals surface area contributed by atoms with Crippen LogP contribution < -0.4 is 4.74 Å². The summed E-state index contributed by atoms with van der Waals surface area (Å²) in [5, 5.41) is 10.4. The molecule has 0 saturated heterocycles. The molecule has 0 fully saturated rings. The average Bonchev–Trinajstić information content (AvgIpc) is 2.38. The van der Waals surface area contributed by atoms with Crippen LogP contribution in [0.3, 0.4) is 0 Å². The van der Waals surface area contributed by atoms with Gasteiger partial charge in [-0.2, -0.15) is 0 Å². The molecule has 0 aliphatic carbocycles. The molecule has 2 aromatic rings. The van der Waals surface area contributed by atoms with E-state index < -0.39 is 6.10 Å². The zero-order valence-corrected chi connectivity index (χ0v) is 14.8. The minimum absolute atomic E-state index is 0.690. The third-order valence-electron chi connectivity index (χ3n) is 2.75. The molecule has 2 aromatic carbocycles. The summed E-state index contributed by atoms with van der Waals surface area (Å²) in [6, 6.07) is 11.2. The fraction of sp³-hybridized carbons (Fsp3) is 0.143. The van der Waals surface area contributed by atoms with Gasteiger partial charge in [-0.3, -0.25) is 0 Å². The van der Waals surface area contributed by atoms with E-state index in [0.717, 1.165) is 30.3 Å². The standard InChI is InChI=1S/C14H11Br3O2/c1-19-13-5-2-8(6-12(13)17)14(18)10-4-3-9(15)7-11(10)16/h2-7,14,18H,1H3. The molecule has 0 spiro atoms. The Bertz CT molecular complexity index is 599. The van der Waals surface area contributed by atoms with Crippen LogP contribution in [0.15, 0.2) is 49.8 Å². The predicted octanol–water partition coefficient (Wildman–Crippen LogP) is 5.06. The third-order valence-corrected chi connectivity index (χ3v) is 4.55. The van der Waals surface area contributed by atoms with Crippen LogP contribution in [0.5, 0.6) is 5.75 Å². The molecule has 0 aliphatic heterocycles. The van der Waals surface area contributed by atoms with E-state index in [4.69, 9.17) is 4.74 Å². The van der Waals surface area contributed by atoms with E-state index in [9.17, 15) is 5.11 Å². The summed E-state index contributed by atoms with van der Waals surface area (Å²) in [5.41, 5.74) is 1.62. The summed E-state index contributed by atoms with van der Waals surface area (Å²) in [5.74, 6) is 0.742. The summed E-state index contributed by atoms with van der Waals surface area (Å²) < 4.78 is 7.83. The van der Waals surface area contributed by atoms with Gasteiger partial charge in [-0.1, -0.05) is 44.0 Å². The first-order chi connectivity index (χ1) is 9.02. The highest BCUT2D eigenvalue weighted by molar-refractivity contribution is 9.11. The second kappa shape index (κ2) is 6.39. The second-order valence-electron chi connectivity index (χ2n) is 3.96. The highest BCUT2D eigenvalue weighted by atomic mass is 79.9. The van der Waals surface area contributed by atoms with Crippen LogP contribution in [0.2, 0.25) is 0 Å². The van der Waals surface area contributed by atoms with Crippen molar-refractivity contribution >= 4 is 47.8 Å². The lowest BCUT2D eigenvalue weighted by Gasteiger charge is -2.15. The summed E-state index contributed by atoms with van der Waals surface area (Å²) in [4.78, 5) is 0. The van der Waals surface area contributed by atoms with Crippen molar-refractivity contribution < 1.29 is 9.84 Å². The number of aliphatic hydroxyl groups excluding tert-OH is 1. The third kappa shape index (κ3) is 3.40. The SMILES string of the molecule is COc1ccc(C(O)c2ccc(Br)cc2Br)cc1Br. The summed E-state index contributed by atoms with van der Waals surface area (Å²) in [6.45, 7) is 0. The van der Waals surface area contributed by atoms with Gasteiger partial charge in [-0.05, 0) is 51.3 Å². The van der Waals surface area contributed by atoms with Crippen LogP contribution in [-0.2, 0) is 0 Å². The van der Waals surface area contributed by atoms with Gasteiger partial charge in [-0.15, -0.1) is 0 Å². The number of ether oxygens (including phenoxy) is 1. The van der Waals surface area contributed by atoms with E-state index in [1.165, 1.54) is 0 Å². The zero-order chi connectivity index (χ0) is 14.0. The molecule has 0 radical (unpaired) electrons. The quantitative estimate of drug-likeness (QED) is 0.708. The molecule has 2 nitrogen and oxygen atoms in total. The second-order valence-corrected chi connectivity index (χ2v) is 6.59. The van der Waals surface area contributed by atoms with Gasteiger partial charge in [-0.25, -0.2) is 0 Å². The fourth-order valence-electron chi connectivity index (χ4n) is 1.76. The van der Waals surface area contributed by atoms with Crippen LogP contribution in [-0.4, -0.2) is 12.2 Å². The van der Waals surface area contributed by atoms with Crippen molar-refractivity contribution in [3.63, 3.8) is 0 Å². The van der Waals surface area contributed by atoms with Gasteiger partial charge < -0.3 is 9.84 Å². The largest absolute Gasteiger partial charge is 0.496 e. The number of hydrogen-bond donors (Lipinski definition) is 1. The number of hydrogen-bond acceptors (Lipinski definition) is 2. The minimum Gasteiger partial charge on any atom is -0.496 e. The number of benzene rings is 2. The van der Waals surface area contributed by atoms with Crippen molar-refractivity contribution in [2.24, 2.45) is 0 Å². The first-order valence-corrected chi connectivity index (χ1v) is 7.87. The Kier molecular flexibility index (Phi) is 5.06. The molecule has 1 N–H and O–H groups in total. The van der Waals surface area contributed by atoms with Crippen LogP contribution in [0.4, 0.5) is 0 Å². The predicted molar refractivity (Wildman–Crippen MR) is 86.6 cm³/mol. The zero-order valence-electron chi connectivity index (χ0n) is 10.0. The van der Waals surface area contributed by atoms with Gasteiger partial charge in [0.2, 0.25) is 0 Å². The van der Waals surface area contributed by atoms with Crippen LogP contribution in [0, 0.1) is 0 Å². The van der Waals surface area contributed by atoms with E-state index in [2.05, 4.69) is 47.8 Å². The molecule has 5 heteroatoms. The minimum atomic E-state index is -0.690. The van der Waals surface area contributed by atoms with E-state index in [0.29, 0.717) is 0 Å². The lowest BCUT2D eigenvalue weighted by atomic mass is 10.0. The lowest BCUT2D eigenvalue weighted by Crippen LogP contribution is -2.01. The highest BCUT2D eigenvalue weighted by Crippen LogP contribution is 2.34. The monoisotopic (exact) mass is 448 g/mol. The molecular formula is C14H11Br3O2. The molecule has 19 heavy (non-hydrogen) atoms. The van der Waals surface area contributed by atoms with E-state index in [-0.39, 0.29) is 0 Å². The van der Waals surface area contributed by atoms with Gasteiger partial charge in [0.1, 0.15) is 11.9 Å². The maximum Gasteiger partial charge on any atom is 0.133 e. The molecule has 0 aromatic heterocycles. The normalized spacial score (nSPS) is 12.3. The van der Waals surface area contributed by atoms with Crippen molar-refractivity contribution in [2.75, 3.05) is 7.11 Å². The maximum absolute atomic E-state index is 10.4. The van der Waals surface area contributed by atoms with Gasteiger partial charge in [0.15, 0.2) is 0 Å². The van der Waals surface area contributed by atoms with E-state index >= 15 is 0 Å². The molecule has 0 heterocycles. The molecule has 0 amide bonds. The topological polar surface area (TPSA) is 29.5 Å². The number of halogens is 3. The summed E-state index contributed by atoms with van der Waals surface area (Å²) in [6.07, 6.45) is -0.690. The van der Waals surface area contributed by atoms with Crippen molar-refractivity contribution in [1.29, 1.82) is 0 Å². The van der Waals surface area contributed by atoms with Crippen LogP contribution in [0.1, 0.15) is 17.2 Å². The Morgan fingerprint density at radius 2 is 1.74 bits per heavy atom. The van der Waals surface area contributed by atoms with Crippen molar-refractivity contribution in [3.8, 4) is 5.75 Å². The first kappa shape index (κ1) is 15.0. The van der Waals surface area contributed by atoms with Gasteiger partial charge in [0, 0.05) is 8.95 Å². The summed E-state index contributed by atoms with van der Waals surface area (Å²) >= 11 is 10.3. The Hall–Kier alpha value is -0.360. The fourth-order valence-corrected chi connectivity index (χ4v) is 3.58. The van der Waals surface area contributed by atoms with Crippen LogP contribution in [0.25, 0.3) is 0 Å². The van der Waals surface area contributed by atoms with Gasteiger partial charge in [0.05, 0.1) is 11.6 Å². The van der Waals surface area contributed by atoms with E-state index in [1.54, 1.807) is 7.11 Å². The molecule has 100 valence electrons. The Morgan fingerprint density at radius 1 is 1.00 bits per heavy atom. The van der Waals surface area contributed by atoms with Crippen molar-refractivity contribution in [1.82, 2.24) is 0 Å². The van der Waals surface area contributed by atoms with Crippen molar-refractivity contribution in [2.45, 2.75) is 6.10 Å². The highest BCUT2D eigenvalue weighted by Gasteiger charge is 2.15. The molecular weight excluding hydrogens is 440 g/mol. The number of methoxy groups -OCH3 is 1.